The Morgan fingerprint density at radius 3 is 2.60 bits per heavy atom. The summed E-state index contributed by atoms with van der Waals surface area (Å²) in [5.41, 5.74) is 10.5. The van der Waals surface area contributed by atoms with Crippen molar-refractivity contribution in [2.24, 2.45) is 0 Å². The number of fused-ring (bicyclic) bond motifs is 2. The van der Waals surface area contributed by atoms with E-state index in [2.05, 4.69) is 63.3 Å². The lowest BCUT2D eigenvalue weighted by atomic mass is 10.1. The largest absolute Gasteiger partial charge is 0.397 e. The second-order valence-corrected chi connectivity index (χ2v) is 9.02. The van der Waals surface area contributed by atoms with Crippen LogP contribution in [0.15, 0.2) is 71.5 Å². The van der Waals surface area contributed by atoms with Crippen molar-refractivity contribution in [3.05, 3.63) is 94.0 Å². The van der Waals surface area contributed by atoms with Crippen LogP contribution in [-0.2, 0) is 13.0 Å². The number of aromatic nitrogens is 3. The van der Waals surface area contributed by atoms with E-state index in [1.54, 1.807) is 6.07 Å². The Labute approximate surface area is 202 Å². The van der Waals surface area contributed by atoms with Gasteiger partial charge in [0.05, 0.1) is 27.6 Å². The molecule has 0 radical (unpaired) electrons. The fourth-order valence-electron chi connectivity index (χ4n) is 4.58. The number of nitrogens with zero attached hydrogens (tertiary/aromatic N) is 2. The summed E-state index contributed by atoms with van der Waals surface area (Å²) in [6.07, 6.45) is 3.12. The molecular weight excluding hydrogens is 441 g/mol. The first-order valence-electron chi connectivity index (χ1n) is 11.8. The average molecular weight is 470 g/mol. The Hall–Kier alpha value is -3.97. The van der Waals surface area contributed by atoms with Crippen molar-refractivity contribution >= 4 is 27.6 Å². The van der Waals surface area contributed by atoms with Crippen LogP contribution in [0.3, 0.4) is 0 Å². The molecule has 2 heterocycles. The van der Waals surface area contributed by atoms with Gasteiger partial charge >= 0.3 is 0 Å². The van der Waals surface area contributed by atoms with Gasteiger partial charge in [-0.3, -0.25) is 4.79 Å². The Morgan fingerprint density at radius 2 is 1.77 bits per heavy atom. The number of aromatic amines is 2. The zero-order valence-electron chi connectivity index (χ0n) is 19.6. The van der Waals surface area contributed by atoms with Crippen molar-refractivity contribution in [2.45, 2.75) is 25.8 Å². The minimum absolute atomic E-state index is 0.0840. The Balaban J connectivity index is 1.29. The molecule has 0 spiro atoms. The molecule has 5 aromatic rings. The molecule has 6 nitrogen and oxygen atoms in total. The van der Waals surface area contributed by atoms with Crippen molar-refractivity contribution < 1.29 is 4.39 Å². The van der Waals surface area contributed by atoms with E-state index < -0.39 is 11.4 Å². The van der Waals surface area contributed by atoms with E-state index in [1.165, 1.54) is 23.3 Å². The third-order valence-corrected chi connectivity index (χ3v) is 6.36. The average Bonchev–Trinajstić information content (AvgIpc) is 3.25. The maximum Gasteiger partial charge on any atom is 0.261 e. The second-order valence-electron chi connectivity index (χ2n) is 9.02. The van der Waals surface area contributed by atoms with Gasteiger partial charge in [-0.25, -0.2) is 9.37 Å². The number of hydrogen-bond donors (Lipinski definition) is 3. The molecule has 0 saturated heterocycles. The molecule has 0 saturated carbocycles. The zero-order valence-corrected chi connectivity index (χ0v) is 19.6. The van der Waals surface area contributed by atoms with Crippen molar-refractivity contribution in [3.63, 3.8) is 0 Å². The van der Waals surface area contributed by atoms with Gasteiger partial charge in [-0.2, -0.15) is 0 Å². The van der Waals surface area contributed by atoms with E-state index in [4.69, 9.17) is 5.73 Å². The van der Waals surface area contributed by atoms with E-state index in [0.29, 0.717) is 11.3 Å². The molecule has 3 aromatic carbocycles. The summed E-state index contributed by atoms with van der Waals surface area (Å²) in [6, 6.07) is 21.0. The van der Waals surface area contributed by atoms with Gasteiger partial charge in [-0.1, -0.05) is 42.5 Å². The standard InChI is InChI=1S/C28H28FN5O/c1-34(17-19-9-3-2-4-10-19)15-6-5-8-18-13-14-21-23(16-18)32-27(31-21)25-26(30)24-20(29)11-7-12-22(24)33-28(25)35/h2-4,7,9-14,16H,5-6,8,15,17H2,1H3,(H,31,32)(H3,30,33,35). The van der Waals surface area contributed by atoms with Gasteiger partial charge in [0.2, 0.25) is 0 Å². The van der Waals surface area contributed by atoms with Crippen LogP contribution in [0.2, 0.25) is 0 Å². The molecule has 0 unspecified atom stereocenters. The van der Waals surface area contributed by atoms with Crippen LogP contribution < -0.4 is 11.3 Å². The first-order valence-corrected chi connectivity index (χ1v) is 11.8. The quantitative estimate of drug-likeness (QED) is 0.271. The van der Waals surface area contributed by atoms with Gasteiger partial charge in [0.15, 0.2) is 0 Å². The number of aryl methyl sites for hydroxylation is 1. The highest BCUT2D eigenvalue weighted by Crippen LogP contribution is 2.30. The van der Waals surface area contributed by atoms with E-state index in [1.807, 2.05) is 12.1 Å². The van der Waals surface area contributed by atoms with Gasteiger partial charge < -0.3 is 20.6 Å². The summed E-state index contributed by atoms with van der Waals surface area (Å²) in [5, 5.41) is 0.195. The third kappa shape index (κ3) is 4.81. The number of imidazole rings is 1. The van der Waals surface area contributed by atoms with Gasteiger partial charge in [-0.05, 0) is 68.2 Å². The van der Waals surface area contributed by atoms with E-state index >= 15 is 0 Å². The van der Waals surface area contributed by atoms with Crippen LogP contribution in [0.1, 0.15) is 24.0 Å². The Kier molecular flexibility index (Phi) is 6.33. The fraction of sp³-hybridized carbons (Fsp3) is 0.214. The van der Waals surface area contributed by atoms with Crippen LogP contribution in [0.25, 0.3) is 33.3 Å². The van der Waals surface area contributed by atoms with Crippen LogP contribution in [0, 0.1) is 5.82 Å². The highest BCUT2D eigenvalue weighted by atomic mass is 19.1. The first kappa shape index (κ1) is 22.8. The molecule has 7 heteroatoms. The molecule has 0 amide bonds. The van der Waals surface area contributed by atoms with E-state index in [-0.39, 0.29) is 16.6 Å². The second kappa shape index (κ2) is 9.72. The molecule has 0 atom stereocenters. The predicted molar refractivity (Wildman–Crippen MR) is 140 cm³/mol. The lowest BCUT2D eigenvalue weighted by Gasteiger charge is -2.16. The Morgan fingerprint density at radius 1 is 0.943 bits per heavy atom. The maximum atomic E-state index is 14.4. The number of pyridine rings is 1. The molecule has 178 valence electrons. The first-order chi connectivity index (χ1) is 17.0. The number of nitrogen functional groups attached to an aromatic ring is 1. The zero-order chi connectivity index (χ0) is 24.4. The van der Waals surface area contributed by atoms with Crippen LogP contribution in [-0.4, -0.2) is 33.4 Å². The number of unbranched alkanes of at least 4 members (excludes halogenated alkanes) is 1. The van der Waals surface area contributed by atoms with E-state index in [0.717, 1.165) is 43.4 Å². The molecule has 5 rings (SSSR count). The van der Waals surface area contributed by atoms with Crippen LogP contribution in [0.4, 0.5) is 10.1 Å². The van der Waals surface area contributed by atoms with Crippen molar-refractivity contribution in [2.75, 3.05) is 19.3 Å². The van der Waals surface area contributed by atoms with Crippen molar-refractivity contribution in [1.82, 2.24) is 19.9 Å². The normalized spacial score (nSPS) is 11.6. The van der Waals surface area contributed by atoms with Crippen LogP contribution in [0.5, 0.6) is 0 Å². The predicted octanol–water partition coefficient (Wildman–Crippen LogP) is 5.25. The number of anilines is 1. The number of rotatable bonds is 8. The Bertz CT molecular complexity index is 1540. The summed E-state index contributed by atoms with van der Waals surface area (Å²) in [4.78, 5) is 25.6. The molecule has 0 bridgehead atoms. The SMILES string of the molecule is CN(CCCCc1ccc2nc(-c3c(N)c4c(F)cccc4[nH]c3=O)[nH]c2c1)Cc1ccccc1. The molecule has 0 aliphatic heterocycles. The van der Waals surface area contributed by atoms with Gasteiger partial charge in [0, 0.05) is 6.54 Å². The monoisotopic (exact) mass is 469 g/mol. The number of nitrogens with two attached hydrogens (primary N) is 1. The van der Waals surface area contributed by atoms with E-state index in [9.17, 15) is 9.18 Å². The number of hydrogen-bond acceptors (Lipinski definition) is 4. The number of benzene rings is 3. The number of nitrogens with one attached hydrogen (secondary N) is 2. The lowest BCUT2D eigenvalue weighted by Crippen LogP contribution is -2.19. The molecule has 4 N–H and O–H groups in total. The van der Waals surface area contributed by atoms with Gasteiger partial charge in [0.1, 0.15) is 17.2 Å². The smallest absolute Gasteiger partial charge is 0.261 e. The summed E-state index contributed by atoms with van der Waals surface area (Å²) in [6.45, 7) is 1.98. The van der Waals surface area contributed by atoms with Crippen molar-refractivity contribution in [3.8, 4) is 11.4 Å². The molecular formula is C28H28FN5O. The highest BCUT2D eigenvalue weighted by molar-refractivity contribution is 5.98. The lowest BCUT2D eigenvalue weighted by molar-refractivity contribution is 0.319. The molecule has 2 aromatic heterocycles. The molecule has 0 aliphatic carbocycles. The van der Waals surface area contributed by atoms with Gasteiger partial charge in [-0.15, -0.1) is 0 Å². The van der Waals surface area contributed by atoms with Crippen LogP contribution >= 0.6 is 0 Å². The minimum Gasteiger partial charge on any atom is -0.397 e. The molecule has 0 fully saturated rings. The summed E-state index contributed by atoms with van der Waals surface area (Å²) in [7, 11) is 2.15. The molecule has 35 heavy (non-hydrogen) atoms. The summed E-state index contributed by atoms with van der Waals surface area (Å²) >= 11 is 0. The third-order valence-electron chi connectivity index (χ3n) is 6.36. The summed E-state index contributed by atoms with van der Waals surface area (Å²) < 4.78 is 14.4. The van der Waals surface area contributed by atoms with Gasteiger partial charge in [0.25, 0.3) is 5.56 Å². The number of H-pyrrole nitrogens is 2. The maximum absolute atomic E-state index is 14.4. The van der Waals surface area contributed by atoms with Crippen molar-refractivity contribution in [1.29, 1.82) is 0 Å². The summed E-state index contributed by atoms with van der Waals surface area (Å²) in [5.74, 6) is -0.145. The topological polar surface area (TPSA) is 90.8 Å². The number of halogens is 1. The minimum atomic E-state index is -0.481. The highest BCUT2D eigenvalue weighted by Gasteiger charge is 2.18. The molecule has 0 aliphatic rings. The fourth-order valence-corrected chi connectivity index (χ4v) is 4.58.